The quantitative estimate of drug-likeness (QED) is 0.372. The molecule has 0 aliphatic heterocycles. The van der Waals surface area contributed by atoms with E-state index in [4.69, 9.17) is 11.1 Å². The van der Waals surface area contributed by atoms with Crippen LogP contribution in [-0.4, -0.2) is 25.9 Å². The summed E-state index contributed by atoms with van der Waals surface area (Å²) in [5.41, 5.74) is 6.57. The third-order valence-corrected chi connectivity index (χ3v) is 3.95. The first-order chi connectivity index (χ1) is 6.22. The van der Waals surface area contributed by atoms with Crippen LogP contribution in [0.2, 0.25) is 0 Å². The molecular weight excluding hydrogens is 247 g/mol. The maximum absolute atomic E-state index is 7.12. The van der Waals surface area contributed by atoms with Crippen LogP contribution in [0.5, 0.6) is 0 Å². The Hall–Kier alpha value is -0.441. The first kappa shape index (κ1) is 10.6. The average Bonchev–Trinajstić information content (AvgIpc) is 2.15. The molecule has 0 unspecified atom stereocenters. The molecule has 0 bridgehead atoms. The zero-order valence-corrected chi connectivity index (χ0v) is 9.94. The molecule has 0 aliphatic carbocycles. The van der Waals surface area contributed by atoms with E-state index in [9.17, 15) is 0 Å². The Kier molecular flexibility index (Phi) is 4.36. The number of hydrogen-bond acceptors (Lipinski definition) is 2. The van der Waals surface area contributed by atoms with Crippen LogP contribution >= 0.6 is 11.8 Å². The molecule has 0 fully saturated rings. The van der Waals surface area contributed by atoms with Gasteiger partial charge < -0.3 is 0 Å². The molecule has 0 radical (unpaired) electrons. The molecule has 3 N–H and O–H groups in total. The van der Waals surface area contributed by atoms with Gasteiger partial charge in [-0.2, -0.15) is 0 Å². The molecule has 0 aliphatic rings. The minimum atomic E-state index is 0.126. The van der Waals surface area contributed by atoms with E-state index in [1.54, 1.807) is 11.8 Å². The van der Waals surface area contributed by atoms with Gasteiger partial charge in [-0.3, -0.25) is 0 Å². The molecule has 0 spiro atoms. The Bertz CT molecular complexity index is 284. The van der Waals surface area contributed by atoms with E-state index in [2.05, 4.69) is 30.5 Å². The third-order valence-electron chi connectivity index (χ3n) is 1.55. The number of thioether (sulfide) groups is 1. The van der Waals surface area contributed by atoms with Crippen LogP contribution in [0, 0.1) is 5.41 Å². The van der Waals surface area contributed by atoms with Gasteiger partial charge in [0.2, 0.25) is 0 Å². The molecular formula is C9H12N2SSe. The molecule has 0 aromatic heterocycles. The topological polar surface area (TPSA) is 49.9 Å². The van der Waals surface area contributed by atoms with E-state index >= 15 is 0 Å². The summed E-state index contributed by atoms with van der Waals surface area (Å²) in [7, 11) is 0. The van der Waals surface area contributed by atoms with Gasteiger partial charge in [0.15, 0.2) is 0 Å². The van der Waals surface area contributed by atoms with Crippen molar-refractivity contribution >= 4 is 31.5 Å². The maximum atomic E-state index is 7.12. The molecule has 70 valence electrons. The first-order valence-electron chi connectivity index (χ1n) is 3.82. The predicted octanol–water partition coefficient (Wildman–Crippen LogP) is 1.51. The second-order valence-electron chi connectivity index (χ2n) is 2.50. The van der Waals surface area contributed by atoms with Crippen LogP contribution in [0.3, 0.4) is 0 Å². The molecule has 1 rings (SSSR count). The molecule has 1 aromatic carbocycles. The Morgan fingerprint density at radius 2 is 2.08 bits per heavy atom. The predicted molar refractivity (Wildman–Crippen MR) is 59.6 cm³/mol. The van der Waals surface area contributed by atoms with Gasteiger partial charge in [-0.15, -0.1) is 0 Å². The van der Waals surface area contributed by atoms with Gasteiger partial charge in [-0.1, -0.05) is 0 Å². The zero-order chi connectivity index (χ0) is 9.68. The zero-order valence-electron chi connectivity index (χ0n) is 7.41. The summed E-state index contributed by atoms with van der Waals surface area (Å²) in [4.78, 5) is 1.28. The number of rotatable bonds is 4. The van der Waals surface area contributed by atoms with E-state index < -0.39 is 0 Å². The first-order valence-corrected chi connectivity index (χ1v) is 7.11. The molecule has 4 heteroatoms. The van der Waals surface area contributed by atoms with Crippen molar-refractivity contribution in [3.8, 4) is 0 Å². The molecule has 0 amide bonds. The van der Waals surface area contributed by atoms with Gasteiger partial charge in [-0.25, -0.2) is 0 Å². The standard InChI is InChI=1S/C9H12N2SSe/c1-12-8-4-2-7(3-5-8)6-13-9(10)11/h2-5H,6H2,1H3,(H3,10,11). The summed E-state index contributed by atoms with van der Waals surface area (Å²) in [6, 6.07) is 8.43. The molecule has 0 heterocycles. The number of hydrogen-bond donors (Lipinski definition) is 2. The van der Waals surface area contributed by atoms with Crippen LogP contribution in [0.15, 0.2) is 29.2 Å². The van der Waals surface area contributed by atoms with Gasteiger partial charge in [0.05, 0.1) is 0 Å². The Balaban J connectivity index is 2.54. The van der Waals surface area contributed by atoms with Crippen LogP contribution in [-0.2, 0) is 5.32 Å². The van der Waals surface area contributed by atoms with Crippen molar-refractivity contribution in [2.24, 2.45) is 5.73 Å². The van der Waals surface area contributed by atoms with Crippen LogP contribution in [0.25, 0.3) is 0 Å². The Morgan fingerprint density at radius 3 is 2.54 bits per heavy atom. The second kappa shape index (κ2) is 5.32. The molecule has 0 saturated heterocycles. The van der Waals surface area contributed by atoms with Gasteiger partial charge in [-0.05, 0) is 0 Å². The third kappa shape index (κ3) is 3.85. The van der Waals surface area contributed by atoms with Gasteiger partial charge in [0, 0.05) is 0 Å². The van der Waals surface area contributed by atoms with E-state index in [1.165, 1.54) is 10.5 Å². The van der Waals surface area contributed by atoms with Crippen molar-refractivity contribution in [3.63, 3.8) is 0 Å². The van der Waals surface area contributed by atoms with Crippen molar-refractivity contribution in [1.82, 2.24) is 0 Å². The number of benzene rings is 1. The fourth-order valence-corrected chi connectivity index (χ4v) is 2.37. The molecule has 1 aromatic rings. The van der Waals surface area contributed by atoms with Gasteiger partial charge in [0.25, 0.3) is 0 Å². The fourth-order valence-electron chi connectivity index (χ4n) is 0.883. The Labute approximate surface area is 89.0 Å². The van der Waals surface area contributed by atoms with Gasteiger partial charge in [0.1, 0.15) is 0 Å². The SMILES string of the molecule is CSc1ccc(C[Se]C(=N)N)cc1. The fraction of sp³-hybridized carbons (Fsp3) is 0.222. The number of nitrogens with one attached hydrogen (secondary N) is 1. The summed E-state index contributed by atoms with van der Waals surface area (Å²) in [5.74, 6) is 0. The van der Waals surface area contributed by atoms with Crippen molar-refractivity contribution < 1.29 is 0 Å². The van der Waals surface area contributed by atoms with Crippen LogP contribution in [0.4, 0.5) is 0 Å². The monoisotopic (exact) mass is 260 g/mol. The van der Waals surface area contributed by atoms with E-state index in [0.29, 0.717) is 4.73 Å². The summed E-state index contributed by atoms with van der Waals surface area (Å²) in [6.07, 6.45) is 2.06. The second-order valence-corrected chi connectivity index (χ2v) is 5.51. The van der Waals surface area contributed by atoms with E-state index in [1.807, 2.05) is 0 Å². The van der Waals surface area contributed by atoms with Crippen molar-refractivity contribution in [3.05, 3.63) is 29.8 Å². The molecule has 13 heavy (non-hydrogen) atoms. The van der Waals surface area contributed by atoms with Crippen LogP contribution < -0.4 is 5.73 Å². The van der Waals surface area contributed by atoms with E-state index in [-0.39, 0.29) is 15.0 Å². The average molecular weight is 259 g/mol. The van der Waals surface area contributed by atoms with Crippen molar-refractivity contribution in [2.75, 3.05) is 6.26 Å². The van der Waals surface area contributed by atoms with Crippen molar-refractivity contribution in [1.29, 1.82) is 5.41 Å². The molecule has 0 atom stereocenters. The van der Waals surface area contributed by atoms with Gasteiger partial charge >= 0.3 is 88.9 Å². The normalized spacial score (nSPS) is 9.92. The minimum absolute atomic E-state index is 0.126. The number of nitrogens with two attached hydrogens (primary N) is 1. The Morgan fingerprint density at radius 1 is 1.46 bits per heavy atom. The summed E-state index contributed by atoms with van der Waals surface area (Å²) in [6.45, 7) is 0. The van der Waals surface area contributed by atoms with Crippen LogP contribution in [0.1, 0.15) is 5.56 Å². The summed E-state index contributed by atoms with van der Waals surface area (Å²) < 4.78 is 0.321. The summed E-state index contributed by atoms with van der Waals surface area (Å²) >= 11 is 1.87. The van der Waals surface area contributed by atoms with Crippen molar-refractivity contribution in [2.45, 2.75) is 10.2 Å². The van der Waals surface area contributed by atoms with E-state index in [0.717, 1.165) is 5.32 Å². The molecule has 2 nitrogen and oxygen atoms in total. The molecule has 0 saturated carbocycles. The number of amidine groups is 1. The summed E-state index contributed by atoms with van der Waals surface area (Å²) in [5, 5.41) is 8.05.